The lowest BCUT2D eigenvalue weighted by atomic mass is 9.44. The second-order valence-electron chi connectivity index (χ2n) is 29.8. The van der Waals surface area contributed by atoms with Crippen LogP contribution in [0.5, 0.6) is 0 Å². The Morgan fingerprint density at radius 1 is 0.736 bits per heavy atom. The van der Waals surface area contributed by atoms with Gasteiger partial charge in [0.2, 0.25) is 35.3 Å². The molecule has 5 fully saturated rings. The lowest BCUT2D eigenvalue weighted by molar-refractivity contribution is -0.234. The zero-order valence-electron chi connectivity index (χ0n) is 63.5. The lowest BCUT2D eigenvalue weighted by Gasteiger charge is -2.63. The first kappa shape index (κ1) is 83.4. The van der Waals surface area contributed by atoms with Crippen molar-refractivity contribution in [1.82, 2.24) is 31.1 Å². The van der Waals surface area contributed by atoms with Crippen molar-refractivity contribution in [2.24, 2.45) is 34.3 Å². The summed E-state index contributed by atoms with van der Waals surface area (Å²) in [4.78, 5) is 137. The fourth-order valence-corrected chi connectivity index (χ4v) is 16.5. The number of ether oxygens (including phenoxy) is 8. The largest absolute Gasteiger partial charge is 0.445 e. The number of Topliss-reactive ketones (excluding diaryl/α,β-unsaturated/α-hetero) is 1. The molecule has 7 aliphatic rings. The minimum absolute atomic E-state index is 0.0208. The molecule has 2 saturated heterocycles. The Balaban J connectivity index is 0.586. The van der Waals surface area contributed by atoms with Crippen molar-refractivity contribution in [3.63, 3.8) is 0 Å². The van der Waals surface area contributed by atoms with Crippen LogP contribution in [0.2, 0.25) is 0 Å². The van der Waals surface area contributed by atoms with Gasteiger partial charge in [0.15, 0.2) is 29.9 Å². The summed E-state index contributed by atoms with van der Waals surface area (Å²) < 4.78 is 80.7. The Bertz CT molecular complexity index is 3910. The molecule has 1 unspecified atom stereocenters. The van der Waals surface area contributed by atoms with E-state index in [4.69, 9.17) is 43.6 Å². The number of hydrogen-bond donors (Lipinski definition) is 7. The molecule has 3 aromatic rings. The summed E-state index contributed by atoms with van der Waals surface area (Å²) in [7, 11) is 0. The van der Waals surface area contributed by atoms with Gasteiger partial charge in [0.05, 0.1) is 77.3 Å². The Morgan fingerprint density at radius 2 is 1.39 bits per heavy atom. The van der Waals surface area contributed by atoms with Crippen LogP contribution in [0.3, 0.4) is 0 Å². The quantitative estimate of drug-likeness (QED) is 0.0283. The summed E-state index contributed by atoms with van der Waals surface area (Å²) in [5.41, 5.74) is 3.97. The molecule has 3 aliphatic heterocycles. The molecule has 0 spiro atoms. The average molecular weight is 1530 g/mol. The third-order valence-electron chi connectivity index (χ3n) is 22.3. The maximum atomic E-state index is 18.0. The first-order chi connectivity index (χ1) is 52.7. The van der Waals surface area contributed by atoms with E-state index in [0.29, 0.717) is 50.5 Å². The summed E-state index contributed by atoms with van der Waals surface area (Å²) in [6, 6.07) is 19.3. The van der Waals surface area contributed by atoms with Gasteiger partial charge in [-0.1, -0.05) is 101 Å². The van der Waals surface area contributed by atoms with Crippen molar-refractivity contribution in [1.29, 1.82) is 0 Å². The van der Waals surface area contributed by atoms with E-state index >= 15 is 8.78 Å². The van der Waals surface area contributed by atoms with Gasteiger partial charge in [-0.05, 0) is 122 Å². The van der Waals surface area contributed by atoms with Gasteiger partial charge in [-0.3, -0.25) is 33.6 Å². The van der Waals surface area contributed by atoms with Crippen LogP contribution in [-0.4, -0.2) is 221 Å². The maximum Gasteiger partial charge on any atom is 0.410 e. The first-order valence-corrected chi connectivity index (χ1v) is 38.1. The monoisotopic (exact) mass is 1530 g/mol. The van der Waals surface area contributed by atoms with Crippen LogP contribution < -0.4 is 37.2 Å². The Hall–Kier alpha value is -9.04. The van der Waals surface area contributed by atoms with Gasteiger partial charge < -0.3 is 90.0 Å². The van der Waals surface area contributed by atoms with Crippen LogP contribution in [0.4, 0.5) is 34.5 Å². The zero-order valence-corrected chi connectivity index (χ0v) is 63.5. The Labute approximate surface area is 639 Å². The highest BCUT2D eigenvalue weighted by Crippen LogP contribution is 2.72. The number of primary amides is 1. The summed E-state index contributed by atoms with van der Waals surface area (Å²) in [6.07, 6.45) is 0.156. The topological polar surface area (TPSA) is 361 Å². The van der Waals surface area contributed by atoms with E-state index in [9.17, 15) is 53.1 Å². The van der Waals surface area contributed by atoms with Gasteiger partial charge in [-0.2, -0.15) is 0 Å². The smallest absolute Gasteiger partial charge is 0.410 e. The summed E-state index contributed by atoms with van der Waals surface area (Å²) in [5.74, 6) is -5.35. The highest BCUT2D eigenvalue weighted by atomic mass is 19.1. The Morgan fingerprint density at radius 3 is 2.07 bits per heavy atom. The van der Waals surface area contributed by atoms with Crippen molar-refractivity contribution in [2.45, 2.75) is 167 Å². The van der Waals surface area contributed by atoms with Crippen molar-refractivity contribution in [3.05, 3.63) is 119 Å². The van der Waals surface area contributed by atoms with E-state index in [0.717, 1.165) is 34.0 Å². The number of halogens is 2. The number of carbonyl (C=O) groups excluding carboxylic acids is 10. The second-order valence-corrected chi connectivity index (χ2v) is 29.8. The van der Waals surface area contributed by atoms with Gasteiger partial charge >= 0.3 is 18.2 Å². The average Bonchev–Trinajstić information content (AvgIpc) is 1.44. The van der Waals surface area contributed by atoms with Gasteiger partial charge in [-0.15, -0.1) is 0 Å². The number of nitrogens with zero attached hydrogens (tertiary/aromatic N) is 3. The minimum atomic E-state index is -2.39. The molecule has 110 heavy (non-hydrogen) atoms. The fraction of sp³-hybridized carbons (Fsp3) is 0.575. The number of allylic oxidation sites excluding steroid dienone is 5. The lowest BCUT2D eigenvalue weighted by Crippen LogP contribution is -2.71. The van der Waals surface area contributed by atoms with Crippen LogP contribution in [0.25, 0.3) is 11.6 Å². The predicted molar refractivity (Wildman–Crippen MR) is 399 cm³/mol. The van der Waals surface area contributed by atoms with Crippen LogP contribution in [0, 0.1) is 28.6 Å². The number of hydrogen-bond acceptors (Lipinski definition) is 19. The number of benzene rings is 3. The van der Waals surface area contributed by atoms with E-state index in [-0.39, 0.29) is 148 Å². The zero-order chi connectivity index (χ0) is 78.9. The van der Waals surface area contributed by atoms with Crippen LogP contribution in [0.1, 0.15) is 128 Å². The molecular weight excluding hydrogens is 1430 g/mol. The first-order valence-electron chi connectivity index (χ1n) is 38.1. The summed E-state index contributed by atoms with van der Waals surface area (Å²) in [6.45, 7) is 12.6. The third kappa shape index (κ3) is 19.3. The molecule has 28 nitrogen and oxygen atoms in total. The summed E-state index contributed by atoms with van der Waals surface area (Å²) >= 11 is 0. The number of urea groups is 1. The number of anilines is 2. The second kappa shape index (κ2) is 37.8. The molecule has 0 radical (unpaired) electrons. The molecule has 0 aromatic heterocycles. The van der Waals surface area contributed by atoms with Crippen molar-refractivity contribution in [2.75, 3.05) is 109 Å². The Kier molecular flexibility index (Phi) is 28.7. The number of aliphatic hydroxyl groups excluding tert-OH is 1. The van der Waals surface area contributed by atoms with E-state index in [1.54, 1.807) is 49.9 Å². The molecule has 3 heterocycles. The van der Waals surface area contributed by atoms with E-state index < -0.39 is 131 Å². The molecule has 598 valence electrons. The van der Waals surface area contributed by atoms with Crippen molar-refractivity contribution >= 4 is 82.3 Å². The van der Waals surface area contributed by atoms with Crippen LogP contribution in [0.15, 0.2) is 96.6 Å². The number of para-hydroxylation sites is 1. The molecule has 4 aliphatic carbocycles. The van der Waals surface area contributed by atoms with Gasteiger partial charge in [0.1, 0.15) is 24.9 Å². The molecule has 8 N–H and O–H groups in total. The molecule has 9 amide bonds. The highest BCUT2D eigenvalue weighted by molar-refractivity contribution is 6.02. The number of piperazine rings is 1. The number of aliphatic hydroxyl groups is 1. The fourth-order valence-electron chi connectivity index (χ4n) is 16.5. The predicted octanol–water partition coefficient (Wildman–Crippen LogP) is 7.33. The number of ketones is 2. The standard InChI is InChI=1S/C80H105F2N9O19/c1-7-13-70-109-66-45-58-59-44-61(81)60-43-56(92)25-27-77(60,5)79(59,82)64(93)46-78(58,6)80(66,110-70)65(94)49-108-76(102)90-32-30-89(31-33-90)75(101)107-48-52-19-21-55(22-20-52)86-72(98)62(17-12-28-85-74(83)100)87-73(99)71(50(2)3)88-68(96)26-34-103-36-38-105-40-41-106-39-37-104-35-29-84-67(95)23-24-69(97)91-47-54-15-9-8-14-53(54)42-51(4)57-16-10-11-18-63(57)91/h8-11,14-16,18-22,25,27,42-43,50,58-59,61-62,64,66,70-71,93H,7,12-13,17,23-24,26,28-41,44-49H2,1-6H3,(H,84,95)(H,86,98)(H,87,99)(H,88,96)(H3,83,85,100)/t58-,59-,61-,62-,64-,66+,70?,71-,77-,78-,79-,80+/m0/s1. The highest BCUT2D eigenvalue weighted by Gasteiger charge is 2.80. The third-order valence-corrected chi connectivity index (χ3v) is 22.3. The van der Waals surface area contributed by atoms with E-state index in [1.807, 2.05) is 62.4 Å². The summed E-state index contributed by atoms with van der Waals surface area (Å²) in [5, 5.41) is 25.5. The van der Waals surface area contributed by atoms with Crippen LogP contribution >= 0.6 is 0 Å². The molecule has 10 rings (SSSR count). The molecule has 3 aromatic carbocycles. The number of carbonyl (C=O) groups is 10. The number of fused-ring (bicyclic) bond motifs is 9. The van der Waals surface area contributed by atoms with Gasteiger partial charge in [0, 0.05) is 86.5 Å². The number of alkyl halides is 2. The molecule has 3 saturated carbocycles. The maximum absolute atomic E-state index is 18.0. The number of nitrogens with one attached hydrogen (secondary N) is 5. The minimum Gasteiger partial charge on any atom is -0.445 e. The SMILES string of the molecule is CCCC1O[C@@H]2C[C@H]3[C@@H]4C[C@H](F)C5=CC(=O)C=C[C@]5(C)[C@@]4(F)[C@@H](O)C[C@]3(C)[C@]2(C(=O)COC(=O)N2CCN(C(=O)OCc3ccc(NC(=O)[C@H](CCCNC(N)=O)NC(=O)[C@@H](NC(=O)CCOCCOCCOCCOCCNC(=O)CCC(=O)N4Cc5ccccc5C=C(C)c5ccccc54)C(C)C)cc3)CC2)O1. The molecule has 12 atom stereocenters. The van der Waals surface area contributed by atoms with E-state index in [1.165, 1.54) is 28.9 Å². The number of nitrogens with two attached hydrogens (primary N) is 1. The molecular formula is C80H105F2N9O19. The van der Waals surface area contributed by atoms with Crippen LogP contribution in [-0.2, 0) is 84.6 Å². The number of rotatable bonds is 35. The molecule has 0 bridgehead atoms. The molecule has 30 heteroatoms. The van der Waals surface area contributed by atoms with E-state index in [2.05, 4.69) is 32.7 Å². The van der Waals surface area contributed by atoms with Crippen molar-refractivity contribution in [3.8, 4) is 0 Å². The van der Waals surface area contributed by atoms with Crippen molar-refractivity contribution < 1.29 is 99.7 Å². The normalized spacial score (nSPS) is 25.6. The number of amides is 9. The van der Waals surface area contributed by atoms with Gasteiger partial charge in [-0.25, -0.2) is 23.2 Å². The van der Waals surface area contributed by atoms with Gasteiger partial charge in [0.25, 0.3) is 0 Å².